The summed E-state index contributed by atoms with van der Waals surface area (Å²) in [6, 6.07) is 5.61. The van der Waals surface area contributed by atoms with Gasteiger partial charge in [-0.25, -0.2) is 17.6 Å². The molecule has 0 spiro atoms. The van der Waals surface area contributed by atoms with Gasteiger partial charge in [-0.1, -0.05) is 19.1 Å². The molecule has 35 heavy (non-hydrogen) atoms. The van der Waals surface area contributed by atoms with Crippen LogP contribution in [0.4, 0.5) is 13.6 Å². The Morgan fingerprint density at radius 2 is 1.86 bits per heavy atom. The highest BCUT2D eigenvalue weighted by molar-refractivity contribution is 7.90. The van der Waals surface area contributed by atoms with Crippen LogP contribution in [-0.2, 0) is 21.2 Å². The molecule has 1 aromatic heterocycles. The van der Waals surface area contributed by atoms with E-state index in [1.165, 1.54) is 0 Å². The molecule has 0 fully saturated rings. The number of hydrogen-bond donors (Lipinski definition) is 0. The Hall–Kier alpha value is -2.72. The summed E-state index contributed by atoms with van der Waals surface area (Å²) in [6.45, 7) is 8.30. The van der Waals surface area contributed by atoms with Crippen molar-refractivity contribution in [2.45, 2.75) is 44.8 Å². The summed E-state index contributed by atoms with van der Waals surface area (Å²) in [5.41, 5.74) is 1.85. The van der Waals surface area contributed by atoms with Crippen LogP contribution in [0.5, 0.6) is 5.75 Å². The average molecular weight is 531 g/mol. The molecule has 192 valence electrons. The number of ether oxygens (including phenoxy) is 2. The van der Waals surface area contributed by atoms with Crippen LogP contribution in [0, 0.1) is 17.6 Å². The molecule has 3 rings (SSSR count). The zero-order valence-corrected chi connectivity index (χ0v) is 21.8. The summed E-state index contributed by atoms with van der Waals surface area (Å²) in [6.07, 6.45) is 4.07. The van der Waals surface area contributed by atoms with Crippen molar-refractivity contribution in [3.8, 4) is 5.75 Å². The van der Waals surface area contributed by atoms with Gasteiger partial charge in [-0.05, 0) is 56.0 Å². The standard InChI is InChI=1S/C24H28F2N2O5S.ClH/c1-15-13-28(23(29)33-24(2,3)4)11-10-18(15)16-6-7-17(27-12-16)14-32-19-8-9-20(34(5,30)31)22(26)21(19)25;/h6-10,12,15H,11,13-14H2,1-5H3;1H. The molecule has 11 heteroatoms. The van der Waals surface area contributed by atoms with Crippen LogP contribution in [0.1, 0.15) is 39.0 Å². The lowest BCUT2D eigenvalue weighted by Crippen LogP contribution is -2.41. The Balaban J connectivity index is 0.00000432. The molecule has 1 amide bonds. The quantitative estimate of drug-likeness (QED) is 0.538. The van der Waals surface area contributed by atoms with Crippen molar-refractivity contribution in [3.05, 3.63) is 59.4 Å². The summed E-state index contributed by atoms with van der Waals surface area (Å²) in [7, 11) is -3.89. The van der Waals surface area contributed by atoms with E-state index in [9.17, 15) is 22.0 Å². The second-order valence-corrected chi connectivity index (χ2v) is 11.2. The lowest BCUT2D eigenvalue weighted by Gasteiger charge is -2.33. The molecule has 0 bridgehead atoms. The van der Waals surface area contributed by atoms with E-state index in [1.54, 1.807) is 17.2 Å². The monoisotopic (exact) mass is 530 g/mol. The maximum absolute atomic E-state index is 14.2. The van der Waals surface area contributed by atoms with E-state index in [0.717, 1.165) is 29.5 Å². The Labute approximate surface area is 210 Å². The smallest absolute Gasteiger partial charge is 0.410 e. The van der Waals surface area contributed by atoms with Gasteiger partial charge in [-0.15, -0.1) is 12.4 Å². The topological polar surface area (TPSA) is 85.8 Å². The number of carbonyl (C=O) groups is 1. The van der Waals surface area contributed by atoms with E-state index in [4.69, 9.17) is 9.47 Å². The van der Waals surface area contributed by atoms with Crippen LogP contribution in [0.2, 0.25) is 0 Å². The number of aromatic nitrogens is 1. The number of nitrogens with zero attached hydrogens (tertiary/aromatic N) is 2. The predicted octanol–water partition coefficient (Wildman–Crippen LogP) is 5.03. The first-order valence-corrected chi connectivity index (χ1v) is 12.6. The van der Waals surface area contributed by atoms with Crippen LogP contribution < -0.4 is 4.74 Å². The SMILES string of the molecule is CC1CN(C(=O)OC(C)(C)C)CC=C1c1ccc(COc2ccc(S(C)(=O)=O)c(F)c2F)nc1.Cl. The molecule has 7 nitrogen and oxygen atoms in total. The van der Waals surface area contributed by atoms with Crippen LogP contribution in [0.3, 0.4) is 0 Å². The van der Waals surface area contributed by atoms with E-state index in [-0.39, 0.29) is 31.0 Å². The van der Waals surface area contributed by atoms with Crippen LogP contribution in [-0.4, -0.2) is 49.3 Å². The lowest BCUT2D eigenvalue weighted by molar-refractivity contribution is 0.0251. The number of halogens is 3. The van der Waals surface area contributed by atoms with Crippen LogP contribution >= 0.6 is 12.4 Å². The molecular weight excluding hydrogens is 502 g/mol. The maximum Gasteiger partial charge on any atom is 0.410 e. The zero-order chi connectivity index (χ0) is 25.3. The first kappa shape index (κ1) is 28.5. The normalized spacial score (nSPS) is 16.3. The van der Waals surface area contributed by atoms with Gasteiger partial charge in [0, 0.05) is 25.5 Å². The number of carbonyl (C=O) groups excluding carboxylic acids is 1. The molecule has 1 aliphatic heterocycles. The highest BCUT2D eigenvalue weighted by atomic mass is 35.5. The Morgan fingerprint density at radius 1 is 1.17 bits per heavy atom. The van der Waals surface area contributed by atoms with Gasteiger partial charge in [0.05, 0.1) is 5.69 Å². The lowest BCUT2D eigenvalue weighted by atomic mass is 9.91. The van der Waals surface area contributed by atoms with Crippen LogP contribution in [0.25, 0.3) is 5.57 Å². The maximum atomic E-state index is 14.2. The molecule has 0 aliphatic carbocycles. The third-order valence-corrected chi connectivity index (χ3v) is 6.27. The van der Waals surface area contributed by atoms with E-state index in [1.807, 2.05) is 39.8 Å². The van der Waals surface area contributed by atoms with Gasteiger partial charge in [-0.2, -0.15) is 4.39 Å². The third kappa shape index (κ3) is 7.14. The van der Waals surface area contributed by atoms with Gasteiger partial charge in [0.15, 0.2) is 21.4 Å². The average Bonchev–Trinajstić information content (AvgIpc) is 2.73. The molecule has 1 atom stereocenters. The van der Waals surface area contributed by atoms with Crippen molar-refractivity contribution in [1.29, 1.82) is 0 Å². The van der Waals surface area contributed by atoms with E-state index < -0.39 is 37.7 Å². The fourth-order valence-corrected chi connectivity index (χ4v) is 4.27. The number of sulfone groups is 1. The van der Waals surface area contributed by atoms with Crippen molar-refractivity contribution >= 4 is 33.9 Å². The number of amides is 1. The minimum Gasteiger partial charge on any atom is -0.484 e. The molecule has 0 radical (unpaired) electrons. The van der Waals surface area contributed by atoms with Gasteiger partial charge in [0.25, 0.3) is 0 Å². The Morgan fingerprint density at radius 3 is 2.40 bits per heavy atom. The number of pyridine rings is 1. The van der Waals surface area contributed by atoms with Gasteiger partial charge >= 0.3 is 6.09 Å². The van der Waals surface area contributed by atoms with Crippen molar-refractivity contribution in [2.75, 3.05) is 19.3 Å². The molecule has 0 saturated heterocycles. The van der Waals surface area contributed by atoms with E-state index >= 15 is 0 Å². The zero-order valence-electron chi connectivity index (χ0n) is 20.2. The molecule has 0 N–H and O–H groups in total. The minimum absolute atomic E-state index is 0. The molecule has 1 unspecified atom stereocenters. The summed E-state index contributed by atoms with van der Waals surface area (Å²) < 4.78 is 62.0. The number of hydrogen-bond acceptors (Lipinski definition) is 6. The highest BCUT2D eigenvalue weighted by Crippen LogP contribution is 2.29. The van der Waals surface area contributed by atoms with E-state index in [0.29, 0.717) is 18.8 Å². The second-order valence-electron chi connectivity index (χ2n) is 9.23. The van der Waals surface area contributed by atoms with Gasteiger partial charge in [-0.3, -0.25) is 4.98 Å². The summed E-state index contributed by atoms with van der Waals surface area (Å²) in [5.74, 6) is -3.17. The fourth-order valence-electron chi connectivity index (χ4n) is 3.54. The third-order valence-electron chi connectivity index (χ3n) is 5.15. The first-order chi connectivity index (χ1) is 15.8. The highest BCUT2D eigenvalue weighted by Gasteiger charge is 2.27. The summed E-state index contributed by atoms with van der Waals surface area (Å²) in [4.78, 5) is 17.6. The Bertz CT molecular complexity index is 1210. The number of benzene rings is 1. The first-order valence-electron chi connectivity index (χ1n) is 10.7. The summed E-state index contributed by atoms with van der Waals surface area (Å²) >= 11 is 0. The van der Waals surface area contributed by atoms with Crippen LogP contribution in [0.15, 0.2) is 41.4 Å². The van der Waals surface area contributed by atoms with Gasteiger partial charge in [0.2, 0.25) is 5.82 Å². The molecule has 1 aliphatic rings. The molecule has 1 aromatic carbocycles. The van der Waals surface area contributed by atoms with Crippen molar-refractivity contribution in [3.63, 3.8) is 0 Å². The molecule has 0 saturated carbocycles. The minimum atomic E-state index is -3.89. The van der Waals surface area contributed by atoms with Gasteiger partial charge in [0.1, 0.15) is 17.1 Å². The number of rotatable bonds is 5. The largest absolute Gasteiger partial charge is 0.484 e. The van der Waals surface area contributed by atoms with Crippen molar-refractivity contribution in [1.82, 2.24) is 9.88 Å². The second kappa shape index (κ2) is 10.9. The summed E-state index contributed by atoms with van der Waals surface area (Å²) in [5, 5.41) is 0. The fraction of sp³-hybridized carbons (Fsp3) is 0.417. The van der Waals surface area contributed by atoms with Crippen molar-refractivity contribution in [2.24, 2.45) is 5.92 Å². The Kier molecular flexibility index (Phi) is 8.89. The molecular formula is C24H29ClF2N2O5S. The van der Waals surface area contributed by atoms with Crippen molar-refractivity contribution < 1.29 is 31.5 Å². The van der Waals surface area contributed by atoms with Gasteiger partial charge < -0.3 is 14.4 Å². The molecule has 2 heterocycles. The van der Waals surface area contributed by atoms with E-state index in [2.05, 4.69) is 4.98 Å². The predicted molar refractivity (Wildman–Crippen MR) is 130 cm³/mol. The molecule has 2 aromatic rings.